The van der Waals surface area contributed by atoms with Gasteiger partial charge in [0.1, 0.15) is 0 Å². The fourth-order valence-electron chi connectivity index (χ4n) is 2.14. The van der Waals surface area contributed by atoms with Crippen molar-refractivity contribution in [2.75, 3.05) is 0 Å². The molecule has 1 aliphatic rings. The maximum absolute atomic E-state index is 12.9. The number of hydrogen-bond donors (Lipinski definition) is 0. The van der Waals surface area contributed by atoms with E-state index in [0.717, 1.165) is 6.07 Å². The molecular weight excluding hydrogens is 335 g/mol. The van der Waals surface area contributed by atoms with Crippen LogP contribution >= 0.6 is 7.60 Å². The van der Waals surface area contributed by atoms with Gasteiger partial charge < -0.3 is 23.7 Å². The monoisotopic (exact) mass is 350 g/mol. The van der Waals surface area contributed by atoms with E-state index in [1.807, 2.05) is 0 Å². The first-order valence-electron chi connectivity index (χ1n) is 6.74. The molecule has 128 valence electrons. The second-order valence-corrected chi connectivity index (χ2v) is 7.84. The van der Waals surface area contributed by atoms with Crippen molar-refractivity contribution in [1.82, 2.24) is 0 Å². The summed E-state index contributed by atoms with van der Waals surface area (Å²) in [5, 5.41) is -1.31. The van der Waals surface area contributed by atoms with Crippen LogP contribution in [0.5, 0.6) is 0 Å². The summed E-state index contributed by atoms with van der Waals surface area (Å²) in [4.78, 5) is 22.4. The zero-order valence-corrected chi connectivity index (χ0v) is 13.8. The van der Waals surface area contributed by atoms with Gasteiger partial charge in [-0.25, -0.2) is 0 Å². The van der Waals surface area contributed by atoms with E-state index in [2.05, 4.69) is 0 Å². The first kappa shape index (κ1) is 18.5. The summed E-state index contributed by atoms with van der Waals surface area (Å²) in [6, 6.07) is 2.27. The van der Waals surface area contributed by atoms with Gasteiger partial charge in [-0.05, 0) is 52.1 Å². The lowest BCUT2D eigenvalue weighted by Crippen LogP contribution is -2.41. The zero-order valence-electron chi connectivity index (χ0n) is 12.9. The van der Waals surface area contributed by atoms with Crippen molar-refractivity contribution in [3.8, 4) is 0 Å². The molecule has 10 heteroatoms. The van der Waals surface area contributed by atoms with Gasteiger partial charge in [0, 0.05) is 0 Å². The molecule has 1 fully saturated rings. The van der Waals surface area contributed by atoms with Gasteiger partial charge in [-0.2, -0.15) is 13.2 Å². The molecule has 0 amide bonds. The second-order valence-electron chi connectivity index (χ2n) is 6.36. The van der Waals surface area contributed by atoms with Crippen molar-refractivity contribution in [2.24, 2.45) is 0 Å². The van der Waals surface area contributed by atoms with E-state index in [0.29, 0.717) is 12.1 Å². The van der Waals surface area contributed by atoms with E-state index in [1.165, 1.54) is 0 Å². The van der Waals surface area contributed by atoms with Gasteiger partial charge in [0.05, 0.1) is 16.8 Å². The first-order chi connectivity index (χ1) is 10.2. The van der Waals surface area contributed by atoms with Crippen molar-refractivity contribution in [1.29, 1.82) is 0 Å². The van der Waals surface area contributed by atoms with Crippen LogP contribution in [0, 0.1) is 0 Å². The topological polar surface area (TPSA) is 81.7 Å². The van der Waals surface area contributed by atoms with Crippen molar-refractivity contribution in [3.63, 3.8) is 0 Å². The molecule has 1 aliphatic heterocycles. The summed E-state index contributed by atoms with van der Waals surface area (Å²) in [7, 11) is -6.68. The van der Waals surface area contributed by atoms with Crippen LogP contribution in [0.2, 0.25) is 0 Å². The van der Waals surface area contributed by atoms with E-state index in [1.54, 1.807) is 27.7 Å². The number of hydrogen-bond acceptors (Lipinski definition) is 5. The summed E-state index contributed by atoms with van der Waals surface area (Å²) in [6.07, 6.45) is -4.95. The maximum atomic E-state index is 12.9. The minimum atomic E-state index is -5.61. The van der Waals surface area contributed by atoms with Gasteiger partial charge in [0.25, 0.3) is 0 Å². The molecule has 0 saturated carbocycles. The quantitative estimate of drug-likeness (QED) is 0.575. The van der Waals surface area contributed by atoms with E-state index < -0.39 is 43.0 Å². The highest BCUT2D eigenvalue weighted by atomic mass is 31.2. The normalized spacial score (nSPS) is 20.8. The summed E-state index contributed by atoms with van der Waals surface area (Å²) < 4.78 is 61.1. The van der Waals surface area contributed by atoms with E-state index >= 15 is 0 Å². The third-order valence-electron chi connectivity index (χ3n) is 4.15. The Bertz CT molecular complexity index is 652. The molecule has 1 aromatic carbocycles. The van der Waals surface area contributed by atoms with Gasteiger partial charge in [-0.1, -0.05) is 12.1 Å². The molecule has 5 nitrogen and oxygen atoms in total. The van der Waals surface area contributed by atoms with Crippen LogP contribution < -0.4 is 20.6 Å². The Morgan fingerprint density at radius 1 is 1.09 bits per heavy atom. The highest BCUT2D eigenvalue weighted by molar-refractivity contribution is 7.57. The molecule has 0 spiro atoms. The van der Waals surface area contributed by atoms with Gasteiger partial charge >= 0.3 is 13.3 Å². The second kappa shape index (κ2) is 5.32. The molecule has 0 radical (unpaired) electrons. The highest BCUT2D eigenvalue weighted by Gasteiger charge is 2.52. The molecule has 0 unspecified atom stereocenters. The van der Waals surface area contributed by atoms with Crippen LogP contribution in [0.25, 0.3) is 0 Å². The fraction of sp³-hybridized carbons (Fsp3) is 0.538. The first-order valence-corrected chi connectivity index (χ1v) is 8.29. The van der Waals surface area contributed by atoms with Gasteiger partial charge in [-0.15, -0.1) is 0 Å². The summed E-state index contributed by atoms with van der Waals surface area (Å²) in [5.41, 5.74) is -2.96. The minimum Gasteiger partial charge on any atom is -0.807 e. The summed E-state index contributed by atoms with van der Waals surface area (Å²) >= 11 is 0. The van der Waals surface area contributed by atoms with Crippen LogP contribution in [-0.2, 0) is 20.1 Å². The lowest BCUT2D eigenvalue weighted by Gasteiger charge is -2.33. The fourth-order valence-corrected chi connectivity index (χ4v) is 2.94. The largest absolute Gasteiger partial charge is 0.807 e. The number of benzene rings is 1. The van der Waals surface area contributed by atoms with E-state index in [9.17, 15) is 27.5 Å². The number of halogens is 3. The summed E-state index contributed by atoms with van der Waals surface area (Å²) in [5.74, 6) is 0. The molecule has 0 N–H and O–H groups in total. The minimum absolute atomic E-state index is 0.0403. The Kier molecular flexibility index (Phi) is 4.28. The van der Waals surface area contributed by atoms with Crippen molar-refractivity contribution < 1.29 is 36.8 Å². The van der Waals surface area contributed by atoms with Crippen LogP contribution in [-0.4, -0.2) is 18.3 Å². The van der Waals surface area contributed by atoms with Crippen molar-refractivity contribution >= 4 is 25.5 Å². The predicted molar refractivity (Wildman–Crippen MR) is 74.4 cm³/mol. The molecule has 0 atom stereocenters. The zero-order chi connectivity index (χ0) is 17.8. The van der Waals surface area contributed by atoms with Crippen molar-refractivity contribution in [2.45, 2.75) is 45.1 Å². The van der Waals surface area contributed by atoms with Crippen molar-refractivity contribution in [3.05, 3.63) is 23.8 Å². The smallest absolute Gasteiger partial charge is 0.494 e. The van der Waals surface area contributed by atoms with E-state index in [4.69, 9.17) is 9.31 Å². The SMILES string of the molecule is CC1(C)OB(c2ccc(C(F)(F)F)c(P(=O)([O-])[O-])c2)OC1(C)C. The average Bonchev–Trinajstić information content (AvgIpc) is 2.55. The van der Waals surface area contributed by atoms with Gasteiger partial charge in [-0.3, -0.25) is 0 Å². The van der Waals surface area contributed by atoms with E-state index in [-0.39, 0.29) is 5.46 Å². The predicted octanol–water partition coefficient (Wildman–Crippen LogP) is 0.544. The third-order valence-corrected chi connectivity index (χ3v) is 5.11. The number of alkyl halides is 3. The Balaban J connectivity index is 2.50. The van der Waals surface area contributed by atoms with Crippen LogP contribution in [0.4, 0.5) is 13.2 Å². The standard InChI is InChI=1S/C13H17BF3O5P/c1-11(2)12(3,4)22-14(21-11)8-5-6-9(13(15,16)17)10(7-8)23(18,19)20/h5-7H,1-4H3,(H2,18,19,20)/p-2. The number of rotatable bonds is 2. The molecule has 0 bridgehead atoms. The van der Waals surface area contributed by atoms with Crippen LogP contribution in [0.1, 0.15) is 33.3 Å². The maximum Gasteiger partial charge on any atom is 0.494 e. The Hall–Kier alpha value is -0.855. The van der Waals surface area contributed by atoms with Gasteiger partial charge in [0.2, 0.25) is 0 Å². The molecule has 1 saturated heterocycles. The molecule has 0 aromatic heterocycles. The Morgan fingerprint density at radius 3 is 1.96 bits per heavy atom. The molecular formula is C13H15BF3O5P-2. The Labute approximate surface area is 132 Å². The average molecular weight is 350 g/mol. The van der Waals surface area contributed by atoms with Gasteiger partial charge in [0.15, 0.2) is 0 Å². The molecule has 2 rings (SSSR count). The highest BCUT2D eigenvalue weighted by Crippen LogP contribution is 2.38. The lowest BCUT2D eigenvalue weighted by molar-refractivity contribution is -0.308. The van der Waals surface area contributed by atoms with Crippen LogP contribution in [0.15, 0.2) is 18.2 Å². The Morgan fingerprint density at radius 2 is 1.57 bits per heavy atom. The summed E-state index contributed by atoms with van der Waals surface area (Å²) in [6.45, 7) is 6.96. The molecule has 1 aromatic rings. The van der Waals surface area contributed by atoms with Crippen LogP contribution in [0.3, 0.4) is 0 Å². The molecule has 1 heterocycles. The lowest BCUT2D eigenvalue weighted by atomic mass is 9.79. The molecule has 23 heavy (non-hydrogen) atoms. The third kappa shape index (κ3) is 3.49. The molecule has 0 aliphatic carbocycles.